The predicted molar refractivity (Wildman–Crippen MR) is 79.5 cm³/mol. The predicted octanol–water partition coefficient (Wildman–Crippen LogP) is 2.06. The van der Waals surface area contributed by atoms with E-state index in [0.717, 1.165) is 12.1 Å². The number of rotatable bonds is 6. The molecular weight excluding hydrogens is 311 g/mol. The van der Waals surface area contributed by atoms with E-state index in [1.807, 2.05) is 0 Å². The molecule has 0 saturated heterocycles. The molecule has 5 nitrogen and oxygen atoms in total. The highest BCUT2D eigenvalue weighted by Gasteiger charge is 2.29. The third-order valence-electron chi connectivity index (χ3n) is 3.24. The molecule has 1 aromatic rings. The van der Waals surface area contributed by atoms with Crippen LogP contribution in [0.1, 0.15) is 25.0 Å². The molecule has 1 aromatic carbocycles. The van der Waals surface area contributed by atoms with Crippen molar-refractivity contribution >= 4 is 11.9 Å². The van der Waals surface area contributed by atoms with E-state index in [1.54, 1.807) is 13.8 Å². The van der Waals surface area contributed by atoms with E-state index in [2.05, 4.69) is 10.6 Å². The van der Waals surface area contributed by atoms with Crippen LogP contribution in [0.25, 0.3) is 0 Å². The molecule has 0 aliphatic carbocycles. The number of benzene rings is 1. The van der Waals surface area contributed by atoms with Gasteiger partial charge in [0.2, 0.25) is 5.91 Å². The summed E-state index contributed by atoms with van der Waals surface area (Å²) in [6.07, 6.45) is -3.98. The Kier molecular flexibility index (Phi) is 6.41. The molecule has 0 heterocycles. The van der Waals surface area contributed by atoms with Gasteiger partial charge < -0.3 is 16.4 Å². The van der Waals surface area contributed by atoms with Gasteiger partial charge in [-0.25, -0.2) is 4.79 Å². The number of amides is 3. The summed E-state index contributed by atoms with van der Waals surface area (Å²) in [4.78, 5) is 22.8. The summed E-state index contributed by atoms with van der Waals surface area (Å²) in [5.74, 6) is -0.528. The minimum atomic E-state index is -4.36. The summed E-state index contributed by atoms with van der Waals surface area (Å²) in [6, 6.07) is 3.21. The maximum Gasteiger partial charge on any atom is 0.416 e. The number of halogens is 3. The van der Waals surface area contributed by atoms with Gasteiger partial charge in [0.25, 0.3) is 0 Å². The molecule has 0 saturated carbocycles. The molecule has 0 fully saturated rings. The summed E-state index contributed by atoms with van der Waals surface area (Å²) < 4.78 is 37.3. The fourth-order valence-electron chi connectivity index (χ4n) is 1.99. The standard InChI is InChI=1S/C15H20F3N3O2/c1-9(2)12(21-14(19)23)13(22)20-8-7-10-3-5-11(6-4-10)15(16,17)18/h3-6,9,12H,7-8H2,1-2H3,(H,20,22)(H3,19,21,23). The van der Waals surface area contributed by atoms with Crippen molar-refractivity contribution in [2.24, 2.45) is 11.7 Å². The van der Waals surface area contributed by atoms with E-state index in [4.69, 9.17) is 5.73 Å². The Labute approximate surface area is 132 Å². The van der Waals surface area contributed by atoms with Gasteiger partial charge in [-0.05, 0) is 30.0 Å². The second kappa shape index (κ2) is 7.85. The van der Waals surface area contributed by atoms with Crippen LogP contribution >= 0.6 is 0 Å². The lowest BCUT2D eigenvalue weighted by molar-refractivity contribution is -0.137. The molecule has 0 aliphatic heterocycles. The number of nitrogens with one attached hydrogen (secondary N) is 2. The first-order chi connectivity index (χ1) is 10.6. The Morgan fingerprint density at radius 1 is 1.17 bits per heavy atom. The summed E-state index contributed by atoms with van der Waals surface area (Å²) in [7, 11) is 0. The zero-order valence-electron chi connectivity index (χ0n) is 12.9. The largest absolute Gasteiger partial charge is 0.416 e. The van der Waals surface area contributed by atoms with Gasteiger partial charge in [0, 0.05) is 6.54 Å². The van der Waals surface area contributed by atoms with E-state index < -0.39 is 23.8 Å². The molecule has 0 radical (unpaired) electrons. The first-order valence-electron chi connectivity index (χ1n) is 7.11. The Hall–Kier alpha value is -2.25. The smallest absolute Gasteiger partial charge is 0.354 e. The van der Waals surface area contributed by atoms with Crippen LogP contribution in [-0.2, 0) is 17.4 Å². The summed E-state index contributed by atoms with van der Waals surface area (Å²) in [6.45, 7) is 3.76. The van der Waals surface area contributed by atoms with E-state index in [-0.39, 0.29) is 18.4 Å². The third-order valence-corrected chi connectivity index (χ3v) is 3.24. The Bertz CT molecular complexity index is 542. The number of hydrogen-bond donors (Lipinski definition) is 3. The topological polar surface area (TPSA) is 84.2 Å². The molecule has 1 rings (SSSR count). The Balaban J connectivity index is 2.52. The zero-order valence-corrected chi connectivity index (χ0v) is 12.9. The van der Waals surface area contributed by atoms with Crippen molar-refractivity contribution in [1.29, 1.82) is 0 Å². The lowest BCUT2D eigenvalue weighted by Crippen LogP contribution is -2.51. The molecule has 4 N–H and O–H groups in total. The van der Waals surface area contributed by atoms with Crippen LogP contribution in [0.4, 0.5) is 18.0 Å². The number of carbonyl (C=O) groups is 2. The number of primary amides is 1. The molecule has 23 heavy (non-hydrogen) atoms. The normalized spacial score (nSPS) is 12.8. The summed E-state index contributed by atoms with van der Waals surface area (Å²) >= 11 is 0. The van der Waals surface area contributed by atoms with Crippen LogP contribution in [0, 0.1) is 5.92 Å². The van der Waals surface area contributed by atoms with E-state index in [9.17, 15) is 22.8 Å². The minimum Gasteiger partial charge on any atom is -0.354 e. The number of alkyl halides is 3. The fourth-order valence-corrected chi connectivity index (χ4v) is 1.99. The van der Waals surface area contributed by atoms with E-state index in [0.29, 0.717) is 12.0 Å². The maximum atomic E-state index is 12.4. The maximum absolute atomic E-state index is 12.4. The highest BCUT2D eigenvalue weighted by atomic mass is 19.4. The van der Waals surface area contributed by atoms with Gasteiger partial charge in [-0.1, -0.05) is 26.0 Å². The summed E-state index contributed by atoms with van der Waals surface area (Å²) in [5, 5.41) is 4.98. The molecule has 3 amide bonds. The molecule has 128 valence electrons. The van der Waals surface area contributed by atoms with Crippen molar-refractivity contribution in [1.82, 2.24) is 10.6 Å². The second-order valence-electron chi connectivity index (χ2n) is 5.47. The summed E-state index contributed by atoms with van der Waals surface area (Å²) in [5.41, 5.74) is 4.97. The number of urea groups is 1. The lowest BCUT2D eigenvalue weighted by atomic mass is 10.0. The highest BCUT2D eigenvalue weighted by molar-refractivity contribution is 5.86. The van der Waals surface area contributed by atoms with Crippen LogP contribution in [0.2, 0.25) is 0 Å². The second-order valence-corrected chi connectivity index (χ2v) is 5.47. The van der Waals surface area contributed by atoms with Crippen molar-refractivity contribution in [2.75, 3.05) is 6.54 Å². The fraction of sp³-hybridized carbons (Fsp3) is 0.467. The van der Waals surface area contributed by atoms with E-state index >= 15 is 0 Å². The van der Waals surface area contributed by atoms with Gasteiger partial charge in [-0.2, -0.15) is 13.2 Å². The van der Waals surface area contributed by atoms with Crippen molar-refractivity contribution in [2.45, 2.75) is 32.5 Å². The van der Waals surface area contributed by atoms with Crippen LogP contribution in [-0.4, -0.2) is 24.5 Å². The first-order valence-corrected chi connectivity index (χ1v) is 7.11. The van der Waals surface area contributed by atoms with Gasteiger partial charge >= 0.3 is 12.2 Å². The van der Waals surface area contributed by atoms with Crippen LogP contribution in [0.3, 0.4) is 0 Å². The lowest BCUT2D eigenvalue weighted by Gasteiger charge is -2.20. The molecule has 8 heteroatoms. The molecule has 1 unspecified atom stereocenters. The molecule has 0 bridgehead atoms. The van der Waals surface area contributed by atoms with Crippen molar-refractivity contribution in [3.05, 3.63) is 35.4 Å². The average Bonchev–Trinajstić information content (AvgIpc) is 2.43. The van der Waals surface area contributed by atoms with Crippen LogP contribution in [0.15, 0.2) is 24.3 Å². The Morgan fingerprint density at radius 3 is 2.17 bits per heavy atom. The van der Waals surface area contributed by atoms with Crippen LogP contribution < -0.4 is 16.4 Å². The van der Waals surface area contributed by atoms with Crippen molar-refractivity contribution < 1.29 is 22.8 Å². The molecule has 0 spiro atoms. The van der Waals surface area contributed by atoms with E-state index in [1.165, 1.54) is 12.1 Å². The van der Waals surface area contributed by atoms with Gasteiger partial charge in [-0.3, -0.25) is 4.79 Å². The van der Waals surface area contributed by atoms with Gasteiger partial charge in [-0.15, -0.1) is 0 Å². The Morgan fingerprint density at radius 2 is 1.74 bits per heavy atom. The van der Waals surface area contributed by atoms with Gasteiger partial charge in [0.05, 0.1) is 5.56 Å². The van der Waals surface area contributed by atoms with Crippen molar-refractivity contribution in [3.63, 3.8) is 0 Å². The third kappa shape index (κ3) is 6.17. The molecule has 0 aromatic heterocycles. The first kappa shape index (κ1) is 18.8. The van der Waals surface area contributed by atoms with Gasteiger partial charge in [0.1, 0.15) is 6.04 Å². The van der Waals surface area contributed by atoms with Crippen molar-refractivity contribution in [3.8, 4) is 0 Å². The van der Waals surface area contributed by atoms with Crippen LogP contribution in [0.5, 0.6) is 0 Å². The average molecular weight is 331 g/mol. The molecule has 1 atom stereocenters. The number of carbonyl (C=O) groups excluding carboxylic acids is 2. The zero-order chi connectivity index (χ0) is 17.6. The molecular formula is C15H20F3N3O2. The minimum absolute atomic E-state index is 0.145. The van der Waals surface area contributed by atoms with Gasteiger partial charge in [0.15, 0.2) is 0 Å². The number of nitrogens with two attached hydrogens (primary N) is 1. The quantitative estimate of drug-likeness (QED) is 0.745. The molecule has 0 aliphatic rings. The highest BCUT2D eigenvalue weighted by Crippen LogP contribution is 2.29. The number of hydrogen-bond acceptors (Lipinski definition) is 2. The monoisotopic (exact) mass is 331 g/mol. The SMILES string of the molecule is CC(C)C(NC(N)=O)C(=O)NCCc1ccc(C(F)(F)F)cc1.